The molecule has 0 fully saturated rings. The van der Waals surface area contributed by atoms with Crippen LogP contribution in [-0.2, 0) is 0 Å². The highest BCUT2D eigenvalue weighted by Crippen LogP contribution is 2.20. The number of anilines is 1. The van der Waals surface area contributed by atoms with Crippen molar-refractivity contribution in [1.29, 1.82) is 0 Å². The van der Waals surface area contributed by atoms with E-state index in [1.807, 2.05) is 5.38 Å². The molecule has 5 heteroatoms. The Hall–Kier alpha value is -0.130. The zero-order valence-electron chi connectivity index (χ0n) is 8.16. The minimum absolute atomic E-state index is 0.266. The zero-order valence-corrected chi connectivity index (χ0v) is 10.6. The smallest absolute Gasteiger partial charge is 0.183 e. The summed E-state index contributed by atoms with van der Waals surface area (Å²) in [6.07, 6.45) is 1.94. The standard InChI is InChI=1S/C9H15BrN2OS/c1-2-7(3-4-13)5-11-9-12-8(10)6-14-9/h6-7,13H,2-5H2,1H3,(H,11,12). The largest absolute Gasteiger partial charge is 0.396 e. The van der Waals surface area contributed by atoms with Gasteiger partial charge in [0.1, 0.15) is 4.60 Å². The van der Waals surface area contributed by atoms with E-state index in [1.165, 1.54) is 0 Å². The lowest BCUT2D eigenvalue weighted by molar-refractivity contribution is 0.258. The second-order valence-corrected chi connectivity index (χ2v) is 4.81. The Morgan fingerprint density at radius 1 is 1.71 bits per heavy atom. The molecule has 0 radical (unpaired) electrons. The molecule has 0 amide bonds. The first-order chi connectivity index (χ1) is 6.76. The van der Waals surface area contributed by atoms with Crippen LogP contribution in [0.2, 0.25) is 0 Å². The van der Waals surface area contributed by atoms with Crippen molar-refractivity contribution in [3.8, 4) is 0 Å². The van der Waals surface area contributed by atoms with Crippen LogP contribution in [0.25, 0.3) is 0 Å². The second kappa shape index (κ2) is 6.37. The van der Waals surface area contributed by atoms with Crippen LogP contribution in [-0.4, -0.2) is 23.2 Å². The monoisotopic (exact) mass is 278 g/mol. The van der Waals surface area contributed by atoms with Crippen molar-refractivity contribution >= 4 is 32.4 Å². The maximum atomic E-state index is 8.82. The van der Waals surface area contributed by atoms with E-state index in [1.54, 1.807) is 11.3 Å². The molecule has 0 bridgehead atoms. The Kier molecular flexibility index (Phi) is 5.44. The molecule has 80 valence electrons. The molecule has 0 spiro atoms. The minimum atomic E-state index is 0.266. The molecule has 2 N–H and O–H groups in total. The first kappa shape index (κ1) is 11.9. The molecular weight excluding hydrogens is 264 g/mol. The summed E-state index contributed by atoms with van der Waals surface area (Å²) in [5.74, 6) is 0.530. The first-order valence-electron chi connectivity index (χ1n) is 4.72. The van der Waals surface area contributed by atoms with Gasteiger partial charge < -0.3 is 10.4 Å². The van der Waals surface area contributed by atoms with Gasteiger partial charge in [0.25, 0.3) is 0 Å². The fourth-order valence-electron chi connectivity index (χ4n) is 1.20. The van der Waals surface area contributed by atoms with E-state index in [0.717, 1.165) is 29.1 Å². The summed E-state index contributed by atoms with van der Waals surface area (Å²) in [7, 11) is 0. The van der Waals surface area contributed by atoms with Gasteiger partial charge in [-0.3, -0.25) is 0 Å². The molecule has 1 unspecified atom stereocenters. The van der Waals surface area contributed by atoms with E-state index in [2.05, 4.69) is 33.2 Å². The lowest BCUT2D eigenvalue weighted by atomic mass is 10.0. The van der Waals surface area contributed by atoms with Crippen LogP contribution in [0.4, 0.5) is 5.13 Å². The minimum Gasteiger partial charge on any atom is -0.396 e. The molecule has 1 rings (SSSR count). The molecule has 1 heterocycles. The lowest BCUT2D eigenvalue weighted by Crippen LogP contribution is -2.14. The van der Waals surface area contributed by atoms with Crippen LogP contribution in [0.15, 0.2) is 9.98 Å². The molecule has 1 atom stereocenters. The van der Waals surface area contributed by atoms with Crippen molar-refractivity contribution in [1.82, 2.24) is 4.98 Å². The lowest BCUT2D eigenvalue weighted by Gasteiger charge is -2.13. The van der Waals surface area contributed by atoms with E-state index >= 15 is 0 Å². The number of halogens is 1. The van der Waals surface area contributed by atoms with Gasteiger partial charge >= 0.3 is 0 Å². The topological polar surface area (TPSA) is 45.1 Å². The van der Waals surface area contributed by atoms with Crippen molar-refractivity contribution in [3.05, 3.63) is 9.98 Å². The summed E-state index contributed by atoms with van der Waals surface area (Å²) in [6, 6.07) is 0. The fraction of sp³-hybridized carbons (Fsp3) is 0.667. The summed E-state index contributed by atoms with van der Waals surface area (Å²) in [6.45, 7) is 3.29. The highest BCUT2D eigenvalue weighted by Gasteiger charge is 2.06. The predicted octanol–water partition coefficient (Wildman–Crippen LogP) is 2.73. The molecule has 0 saturated heterocycles. The summed E-state index contributed by atoms with van der Waals surface area (Å²) < 4.78 is 0.875. The predicted molar refractivity (Wildman–Crippen MR) is 63.8 cm³/mol. The number of hydrogen-bond acceptors (Lipinski definition) is 4. The number of thiazole rings is 1. The fourth-order valence-corrected chi connectivity index (χ4v) is 2.35. The van der Waals surface area contributed by atoms with E-state index in [4.69, 9.17) is 5.11 Å². The van der Waals surface area contributed by atoms with Crippen LogP contribution in [0.3, 0.4) is 0 Å². The number of aliphatic hydroxyl groups is 1. The van der Waals surface area contributed by atoms with E-state index < -0.39 is 0 Å². The summed E-state index contributed by atoms with van der Waals surface area (Å²) in [5.41, 5.74) is 0. The van der Waals surface area contributed by atoms with E-state index in [9.17, 15) is 0 Å². The quantitative estimate of drug-likeness (QED) is 0.841. The second-order valence-electron chi connectivity index (χ2n) is 3.14. The molecule has 1 aromatic heterocycles. The Labute approximate surface area is 96.7 Å². The third-order valence-corrected chi connectivity index (χ3v) is 3.64. The van der Waals surface area contributed by atoms with Crippen molar-refractivity contribution in [2.75, 3.05) is 18.5 Å². The Balaban J connectivity index is 2.31. The molecule has 0 aliphatic carbocycles. The number of rotatable bonds is 6. The normalized spacial score (nSPS) is 12.8. The third kappa shape index (κ3) is 3.94. The van der Waals surface area contributed by atoms with Crippen LogP contribution < -0.4 is 5.32 Å². The molecule has 0 aliphatic heterocycles. The number of hydrogen-bond donors (Lipinski definition) is 2. The molecule has 0 aliphatic rings. The number of nitrogens with one attached hydrogen (secondary N) is 1. The Morgan fingerprint density at radius 3 is 3.00 bits per heavy atom. The first-order valence-corrected chi connectivity index (χ1v) is 6.39. The van der Waals surface area contributed by atoms with Gasteiger partial charge in [-0.05, 0) is 28.3 Å². The molecule has 3 nitrogen and oxygen atoms in total. The van der Waals surface area contributed by atoms with Gasteiger partial charge in [0.05, 0.1) is 0 Å². The number of aromatic nitrogens is 1. The van der Waals surface area contributed by atoms with Crippen molar-refractivity contribution in [2.24, 2.45) is 5.92 Å². The maximum absolute atomic E-state index is 8.82. The van der Waals surface area contributed by atoms with Gasteiger partial charge in [0.2, 0.25) is 0 Å². The summed E-state index contributed by atoms with van der Waals surface area (Å²) in [5, 5.41) is 15.0. The molecule has 0 aromatic carbocycles. The summed E-state index contributed by atoms with van der Waals surface area (Å²) >= 11 is 4.89. The summed E-state index contributed by atoms with van der Waals surface area (Å²) in [4.78, 5) is 4.24. The van der Waals surface area contributed by atoms with Gasteiger partial charge in [-0.15, -0.1) is 11.3 Å². The molecule has 0 saturated carbocycles. The third-order valence-electron chi connectivity index (χ3n) is 2.13. The molecule has 1 aromatic rings. The van der Waals surface area contributed by atoms with Crippen molar-refractivity contribution in [3.63, 3.8) is 0 Å². The maximum Gasteiger partial charge on any atom is 0.183 e. The van der Waals surface area contributed by atoms with Gasteiger partial charge in [-0.2, -0.15) is 0 Å². The van der Waals surface area contributed by atoms with Gasteiger partial charge in [-0.25, -0.2) is 4.98 Å². The molecular formula is C9H15BrN2OS. The highest BCUT2D eigenvalue weighted by atomic mass is 79.9. The Bertz CT molecular complexity index is 267. The zero-order chi connectivity index (χ0) is 10.4. The van der Waals surface area contributed by atoms with Crippen LogP contribution >= 0.6 is 27.3 Å². The van der Waals surface area contributed by atoms with E-state index in [0.29, 0.717) is 5.92 Å². The molecule has 14 heavy (non-hydrogen) atoms. The van der Waals surface area contributed by atoms with Crippen LogP contribution in [0.1, 0.15) is 19.8 Å². The van der Waals surface area contributed by atoms with Crippen molar-refractivity contribution < 1.29 is 5.11 Å². The van der Waals surface area contributed by atoms with Gasteiger partial charge in [0, 0.05) is 18.5 Å². The average molecular weight is 279 g/mol. The Morgan fingerprint density at radius 2 is 2.50 bits per heavy atom. The number of aliphatic hydroxyl groups excluding tert-OH is 1. The van der Waals surface area contributed by atoms with Crippen LogP contribution in [0.5, 0.6) is 0 Å². The van der Waals surface area contributed by atoms with Gasteiger partial charge in [-0.1, -0.05) is 13.3 Å². The number of nitrogens with zero attached hydrogens (tertiary/aromatic N) is 1. The SMILES string of the molecule is CCC(CCO)CNc1nc(Br)cs1. The van der Waals surface area contributed by atoms with Gasteiger partial charge in [0.15, 0.2) is 5.13 Å². The van der Waals surface area contributed by atoms with E-state index in [-0.39, 0.29) is 6.61 Å². The average Bonchev–Trinajstić information content (AvgIpc) is 2.59. The highest BCUT2D eigenvalue weighted by molar-refractivity contribution is 9.10. The van der Waals surface area contributed by atoms with Crippen LogP contribution in [0, 0.1) is 5.92 Å². The van der Waals surface area contributed by atoms with Crippen molar-refractivity contribution in [2.45, 2.75) is 19.8 Å².